The first-order chi connectivity index (χ1) is 9.70. The number of hydrogen-bond donors (Lipinski definition) is 1. The Labute approximate surface area is 119 Å². The molecule has 3 nitrogen and oxygen atoms in total. The maximum atomic E-state index is 14.1. The van der Waals surface area contributed by atoms with Gasteiger partial charge in [-0.05, 0) is 25.3 Å². The average molecular weight is 279 g/mol. The molecule has 1 aliphatic rings. The van der Waals surface area contributed by atoms with Crippen LogP contribution in [0.25, 0.3) is 0 Å². The second-order valence-electron chi connectivity index (χ2n) is 5.37. The predicted octanol–water partition coefficient (Wildman–Crippen LogP) is 2.79. The van der Waals surface area contributed by atoms with Crippen molar-refractivity contribution in [1.82, 2.24) is 5.32 Å². The number of benzene rings is 1. The summed E-state index contributed by atoms with van der Waals surface area (Å²) in [5, 5.41) is 2.94. The van der Waals surface area contributed by atoms with E-state index in [2.05, 4.69) is 5.32 Å². The lowest BCUT2D eigenvalue weighted by Gasteiger charge is -2.28. The van der Waals surface area contributed by atoms with Gasteiger partial charge in [-0.15, -0.1) is 0 Å². The molecule has 0 aromatic heterocycles. The SMILES string of the molecule is COCCCNC(=O)C1(c2ccccc2F)CCCC1. The molecule has 0 aliphatic heterocycles. The second kappa shape index (κ2) is 6.84. The molecule has 1 aromatic rings. The molecule has 0 atom stereocenters. The minimum atomic E-state index is -0.682. The number of ether oxygens (including phenoxy) is 1. The van der Waals surface area contributed by atoms with Crippen LogP contribution in [0.3, 0.4) is 0 Å². The highest BCUT2D eigenvalue weighted by Crippen LogP contribution is 2.42. The zero-order chi connectivity index (χ0) is 14.4. The molecule has 1 aromatic carbocycles. The third-order valence-electron chi connectivity index (χ3n) is 4.09. The number of amides is 1. The molecule has 1 amide bonds. The van der Waals surface area contributed by atoms with Gasteiger partial charge in [-0.25, -0.2) is 4.39 Å². The quantitative estimate of drug-likeness (QED) is 0.813. The summed E-state index contributed by atoms with van der Waals surface area (Å²) in [7, 11) is 1.64. The highest BCUT2D eigenvalue weighted by Gasteiger charge is 2.43. The maximum Gasteiger partial charge on any atom is 0.230 e. The molecule has 0 heterocycles. The number of carbonyl (C=O) groups is 1. The number of halogens is 1. The van der Waals surface area contributed by atoms with Gasteiger partial charge in [-0.3, -0.25) is 4.79 Å². The lowest BCUT2D eigenvalue weighted by molar-refractivity contribution is -0.126. The summed E-state index contributed by atoms with van der Waals surface area (Å²) in [4.78, 5) is 12.6. The molecule has 0 radical (unpaired) electrons. The highest BCUT2D eigenvalue weighted by atomic mass is 19.1. The summed E-state index contributed by atoms with van der Waals surface area (Å²) in [6, 6.07) is 6.65. The van der Waals surface area contributed by atoms with Crippen LogP contribution >= 0.6 is 0 Å². The molecule has 110 valence electrons. The molecule has 1 saturated carbocycles. The van der Waals surface area contributed by atoms with E-state index in [-0.39, 0.29) is 11.7 Å². The lowest BCUT2D eigenvalue weighted by atomic mass is 9.77. The van der Waals surface area contributed by atoms with Crippen molar-refractivity contribution in [3.8, 4) is 0 Å². The van der Waals surface area contributed by atoms with Gasteiger partial charge >= 0.3 is 0 Å². The lowest BCUT2D eigenvalue weighted by Crippen LogP contribution is -2.43. The first-order valence-corrected chi connectivity index (χ1v) is 7.23. The van der Waals surface area contributed by atoms with Crippen LogP contribution in [-0.2, 0) is 14.9 Å². The summed E-state index contributed by atoms with van der Waals surface area (Å²) >= 11 is 0. The van der Waals surface area contributed by atoms with E-state index in [9.17, 15) is 9.18 Å². The van der Waals surface area contributed by atoms with Crippen LogP contribution in [0.1, 0.15) is 37.7 Å². The van der Waals surface area contributed by atoms with E-state index in [0.717, 1.165) is 32.1 Å². The van der Waals surface area contributed by atoms with E-state index >= 15 is 0 Å². The third-order valence-corrected chi connectivity index (χ3v) is 4.09. The third kappa shape index (κ3) is 3.01. The van der Waals surface area contributed by atoms with Crippen LogP contribution in [0.15, 0.2) is 24.3 Å². The molecule has 2 rings (SSSR count). The Morgan fingerprint density at radius 2 is 2.05 bits per heavy atom. The van der Waals surface area contributed by atoms with Crippen molar-refractivity contribution in [3.05, 3.63) is 35.6 Å². The molecule has 0 unspecified atom stereocenters. The van der Waals surface area contributed by atoms with Crippen LogP contribution in [0.2, 0.25) is 0 Å². The van der Waals surface area contributed by atoms with E-state index in [1.165, 1.54) is 6.07 Å². The van der Waals surface area contributed by atoms with Gasteiger partial charge in [0, 0.05) is 25.8 Å². The standard InChI is InChI=1S/C16H22FNO2/c1-20-12-6-11-18-15(19)16(9-4-5-10-16)13-7-2-3-8-14(13)17/h2-3,7-8H,4-6,9-12H2,1H3,(H,18,19). The zero-order valence-corrected chi connectivity index (χ0v) is 12.0. The van der Waals surface area contributed by atoms with Crippen molar-refractivity contribution in [1.29, 1.82) is 0 Å². The monoisotopic (exact) mass is 279 g/mol. The Balaban J connectivity index is 2.14. The Morgan fingerprint density at radius 1 is 1.35 bits per heavy atom. The van der Waals surface area contributed by atoms with Gasteiger partial charge in [-0.2, -0.15) is 0 Å². The first-order valence-electron chi connectivity index (χ1n) is 7.23. The smallest absolute Gasteiger partial charge is 0.230 e. The number of hydrogen-bond acceptors (Lipinski definition) is 2. The van der Waals surface area contributed by atoms with Crippen LogP contribution in [0.4, 0.5) is 4.39 Å². The van der Waals surface area contributed by atoms with Crippen LogP contribution < -0.4 is 5.32 Å². The van der Waals surface area contributed by atoms with E-state index in [1.807, 2.05) is 0 Å². The topological polar surface area (TPSA) is 38.3 Å². The highest BCUT2D eigenvalue weighted by molar-refractivity contribution is 5.88. The molecule has 4 heteroatoms. The van der Waals surface area contributed by atoms with Crippen molar-refractivity contribution in [3.63, 3.8) is 0 Å². The summed E-state index contributed by atoms with van der Waals surface area (Å²) in [5.41, 5.74) is -0.139. The molecule has 1 aliphatic carbocycles. The summed E-state index contributed by atoms with van der Waals surface area (Å²) in [5.74, 6) is -0.322. The largest absolute Gasteiger partial charge is 0.385 e. The first kappa shape index (κ1) is 15.0. The Hall–Kier alpha value is -1.42. The van der Waals surface area contributed by atoms with Gasteiger partial charge in [0.2, 0.25) is 5.91 Å². The van der Waals surface area contributed by atoms with Crippen molar-refractivity contribution < 1.29 is 13.9 Å². The fourth-order valence-corrected chi connectivity index (χ4v) is 3.03. The minimum absolute atomic E-state index is 0.0452. The fraction of sp³-hybridized carbons (Fsp3) is 0.562. The summed E-state index contributed by atoms with van der Waals surface area (Å²) in [6.07, 6.45) is 4.17. The normalized spacial score (nSPS) is 17.1. The van der Waals surface area contributed by atoms with Gasteiger partial charge in [0.25, 0.3) is 0 Å². The number of rotatable bonds is 6. The van der Waals surface area contributed by atoms with Crippen molar-refractivity contribution in [2.45, 2.75) is 37.5 Å². The van der Waals surface area contributed by atoms with E-state index < -0.39 is 5.41 Å². The molecular weight excluding hydrogens is 257 g/mol. The fourth-order valence-electron chi connectivity index (χ4n) is 3.03. The van der Waals surface area contributed by atoms with E-state index in [4.69, 9.17) is 4.74 Å². The van der Waals surface area contributed by atoms with Gasteiger partial charge in [-0.1, -0.05) is 31.0 Å². The molecule has 1 N–H and O–H groups in total. The number of methoxy groups -OCH3 is 1. The van der Waals surface area contributed by atoms with E-state index in [1.54, 1.807) is 25.3 Å². The number of carbonyl (C=O) groups excluding carboxylic acids is 1. The van der Waals surface area contributed by atoms with Gasteiger partial charge in [0.1, 0.15) is 5.82 Å². The molecule has 0 spiro atoms. The Bertz CT molecular complexity index is 456. The van der Waals surface area contributed by atoms with Crippen LogP contribution in [0.5, 0.6) is 0 Å². The van der Waals surface area contributed by atoms with Gasteiger partial charge in [0.15, 0.2) is 0 Å². The molecular formula is C16H22FNO2. The van der Waals surface area contributed by atoms with Crippen molar-refractivity contribution in [2.75, 3.05) is 20.3 Å². The maximum absolute atomic E-state index is 14.1. The van der Waals surface area contributed by atoms with Crippen molar-refractivity contribution in [2.24, 2.45) is 0 Å². The molecule has 0 saturated heterocycles. The summed E-state index contributed by atoms with van der Waals surface area (Å²) < 4.78 is 19.1. The number of nitrogens with one attached hydrogen (secondary N) is 1. The van der Waals surface area contributed by atoms with E-state index in [0.29, 0.717) is 18.7 Å². The average Bonchev–Trinajstić information content (AvgIpc) is 2.94. The second-order valence-corrected chi connectivity index (χ2v) is 5.37. The molecule has 0 bridgehead atoms. The van der Waals surface area contributed by atoms with Crippen LogP contribution in [-0.4, -0.2) is 26.2 Å². The minimum Gasteiger partial charge on any atom is -0.385 e. The zero-order valence-electron chi connectivity index (χ0n) is 12.0. The van der Waals surface area contributed by atoms with Crippen molar-refractivity contribution >= 4 is 5.91 Å². The molecule has 20 heavy (non-hydrogen) atoms. The van der Waals surface area contributed by atoms with Gasteiger partial charge < -0.3 is 10.1 Å². The van der Waals surface area contributed by atoms with Crippen LogP contribution in [0, 0.1) is 5.82 Å². The predicted molar refractivity (Wildman–Crippen MR) is 76.0 cm³/mol. The Kier molecular flexibility index (Phi) is 5.12. The van der Waals surface area contributed by atoms with Gasteiger partial charge in [0.05, 0.1) is 5.41 Å². The Morgan fingerprint density at radius 3 is 2.70 bits per heavy atom. The molecule has 1 fully saturated rings. The summed E-state index contributed by atoms with van der Waals surface area (Å²) in [6.45, 7) is 1.19.